The quantitative estimate of drug-likeness (QED) is 0.799. The Bertz CT molecular complexity index is 287. The minimum Gasteiger partial charge on any atom is -0.353 e. The average Bonchev–Trinajstić information content (AvgIpc) is 2.55. The summed E-state index contributed by atoms with van der Waals surface area (Å²) in [5.41, 5.74) is 0.300. The monoisotopic (exact) mass is 237 g/mol. The number of hydrogen-bond acceptors (Lipinski definition) is 1. The average molecular weight is 237 g/mol. The first-order chi connectivity index (χ1) is 8.08. The van der Waals surface area contributed by atoms with E-state index >= 15 is 0 Å². The van der Waals surface area contributed by atoms with E-state index in [1.54, 1.807) is 0 Å². The molecule has 3 atom stereocenters. The van der Waals surface area contributed by atoms with E-state index in [1.807, 2.05) is 0 Å². The summed E-state index contributed by atoms with van der Waals surface area (Å²) < 4.78 is 0. The second-order valence-electron chi connectivity index (χ2n) is 6.51. The van der Waals surface area contributed by atoms with Crippen molar-refractivity contribution in [3.05, 3.63) is 0 Å². The molecular weight excluding hydrogens is 210 g/mol. The summed E-state index contributed by atoms with van der Waals surface area (Å²) in [7, 11) is 0. The van der Waals surface area contributed by atoms with E-state index in [0.717, 1.165) is 18.8 Å². The first kappa shape index (κ1) is 12.9. The molecule has 2 fully saturated rings. The lowest BCUT2D eigenvalue weighted by Gasteiger charge is -2.45. The van der Waals surface area contributed by atoms with E-state index in [9.17, 15) is 4.79 Å². The lowest BCUT2D eigenvalue weighted by molar-refractivity contribution is -0.120. The van der Waals surface area contributed by atoms with Gasteiger partial charge in [0.15, 0.2) is 0 Å². The van der Waals surface area contributed by atoms with Gasteiger partial charge in [-0.05, 0) is 31.1 Å². The first-order valence-electron chi connectivity index (χ1n) is 7.38. The number of carbonyl (C=O) groups is 1. The van der Waals surface area contributed by atoms with Crippen LogP contribution in [0.25, 0.3) is 0 Å². The normalized spacial score (nSPS) is 37.8. The standard InChI is InChI=1S/C15H27NO/c1-4-12-7-5-6-8-15(12)10-14(17)16-13(15)9-11(2)3/h11-13H,4-10H2,1-3H3,(H,16,17). The summed E-state index contributed by atoms with van der Waals surface area (Å²) >= 11 is 0. The summed E-state index contributed by atoms with van der Waals surface area (Å²) in [4.78, 5) is 11.9. The zero-order chi connectivity index (χ0) is 12.5. The predicted octanol–water partition coefficient (Wildman–Crippen LogP) is 3.51. The summed E-state index contributed by atoms with van der Waals surface area (Å²) in [6.07, 6.45) is 8.47. The van der Waals surface area contributed by atoms with Crippen LogP contribution in [0.2, 0.25) is 0 Å². The fourth-order valence-electron chi connectivity index (χ4n) is 4.21. The highest BCUT2D eigenvalue weighted by molar-refractivity contribution is 5.80. The SMILES string of the molecule is CCC1CCCCC12CC(=O)NC2CC(C)C. The molecule has 1 spiro atoms. The van der Waals surface area contributed by atoms with Crippen molar-refractivity contribution in [1.82, 2.24) is 5.32 Å². The zero-order valence-corrected chi connectivity index (χ0v) is 11.6. The van der Waals surface area contributed by atoms with Crippen LogP contribution in [-0.2, 0) is 4.79 Å². The van der Waals surface area contributed by atoms with Crippen molar-refractivity contribution < 1.29 is 4.79 Å². The summed E-state index contributed by atoms with van der Waals surface area (Å²) in [5, 5.41) is 3.27. The molecular formula is C15H27NO. The molecule has 0 aromatic carbocycles. The van der Waals surface area contributed by atoms with Crippen molar-refractivity contribution in [2.75, 3.05) is 0 Å². The molecule has 1 heterocycles. The Hall–Kier alpha value is -0.530. The molecule has 2 heteroatoms. The Kier molecular flexibility index (Phi) is 3.79. The second-order valence-corrected chi connectivity index (χ2v) is 6.51. The van der Waals surface area contributed by atoms with Gasteiger partial charge in [0.1, 0.15) is 0 Å². The Morgan fingerprint density at radius 3 is 2.82 bits per heavy atom. The maximum atomic E-state index is 11.9. The third-order valence-electron chi connectivity index (χ3n) is 4.98. The van der Waals surface area contributed by atoms with Crippen LogP contribution in [0.1, 0.15) is 65.7 Å². The van der Waals surface area contributed by atoms with E-state index in [-0.39, 0.29) is 0 Å². The van der Waals surface area contributed by atoms with Crippen LogP contribution in [0.5, 0.6) is 0 Å². The molecule has 0 bridgehead atoms. The molecule has 17 heavy (non-hydrogen) atoms. The topological polar surface area (TPSA) is 29.1 Å². The summed E-state index contributed by atoms with van der Waals surface area (Å²) in [6.45, 7) is 6.83. The van der Waals surface area contributed by atoms with E-state index in [1.165, 1.54) is 32.1 Å². The third-order valence-corrected chi connectivity index (χ3v) is 4.98. The van der Waals surface area contributed by atoms with Crippen molar-refractivity contribution in [1.29, 1.82) is 0 Å². The van der Waals surface area contributed by atoms with E-state index < -0.39 is 0 Å². The van der Waals surface area contributed by atoms with Gasteiger partial charge in [0.05, 0.1) is 0 Å². The molecule has 2 rings (SSSR count). The fourth-order valence-corrected chi connectivity index (χ4v) is 4.21. The van der Waals surface area contributed by atoms with Gasteiger partial charge in [-0.2, -0.15) is 0 Å². The largest absolute Gasteiger partial charge is 0.353 e. The summed E-state index contributed by atoms with van der Waals surface area (Å²) in [6, 6.07) is 0.445. The Morgan fingerprint density at radius 1 is 1.41 bits per heavy atom. The molecule has 1 saturated carbocycles. The highest BCUT2D eigenvalue weighted by atomic mass is 16.2. The van der Waals surface area contributed by atoms with E-state index in [4.69, 9.17) is 0 Å². The summed E-state index contributed by atoms with van der Waals surface area (Å²) in [5.74, 6) is 1.74. The van der Waals surface area contributed by atoms with Crippen molar-refractivity contribution >= 4 is 5.91 Å². The minimum absolute atomic E-state index is 0.300. The highest BCUT2D eigenvalue weighted by Gasteiger charge is 2.51. The van der Waals surface area contributed by atoms with Gasteiger partial charge in [-0.25, -0.2) is 0 Å². The van der Waals surface area contributed by atoms with Crippen LogP contribution in [0, 0.1) is 17.3 Å². The van der Waals surface area contributed by atoms with Crippen LogP contribution in [0.4, 0.5) is 0 Å². The van der Waals surface area contributed by atoms with Gasteiger partial charge in [-0.3, -0.25) is 4.79 Å². The van der Waals surface area contributed by atoms with Gasteiger partial charge < -0.3 is 5.32 Å². The molecule has 2 aliphatic rings. The van der Waals surface area contributed by atoms with Crippen LogP contribution in [0.3, 0.4) is 0 Å². The van der Waals surface area contributed by atoms with E-state index in [2.05, 4.69) is 26.1 Å². The molecule has 1 N–H and O–H groups in total. The predicted molar refractivity (Wildman–Crippen MR) is 70.7 cm³/mol. The van der Waals surface area contributed by atoms with Crippen LogP contribution >= 0.6 is 0 Å². The van der Waals surface area contributed by atoms with Crippen LogP contribution < -0.4 is 5.32 Å². The molecule has 1 aliphatic heterocycles. The molecule has 2 nitrogen and oxygen atoms in total. The molecule has 1 saturated heterocycles. The van der Waals surface area contributed by atoms with Crippen LogP contribution in [0.15, 0.2) is 0 Å². The maximum Gasteiger partial charge on any atom is 0.220 e. The molecule has 0 radical (unpaired) electrons. The van der Waals surface area contributed by atoms with E-state index in [0.29, 0.717) is 23.3 Å². The van der Waals surface area contributed by atoms with Crippen molar-refractivity contribution in [2.45, 2.75) is 71.8 Å². The smallest absolute Gasteiger partial charge is 0.220 e. The van der Waals surface area contributed by atoms with Gasteiger partial charge in [0, 0.05) is 17.9 Å². The van der Waals surface area contributed by atoms with Crippen molar-refractivity contribution in [3.8, 4) is 0 Å². The zero-order valence-electron chi connectivity index (χ0n) is 11.6. The number of rotatable bonds is 3. The number of carbonyl (C=O) groups excluding carboxylic acids is 1. The Morgan fingerprint density at radius 2 is 2.18 bits per heavy atom. The molecule has 1 aliphatic carbocycles. The van der Waals surface area contributed by atoms with Gasteiger partial charge in [-0.15, -0.1) is 0 Å². The van der Waals surface area contributed by atoms with Crippen molar-refractivity contribution in [2.24, 2.45) is 17.3 Å². The number of amides is 1. The van der Waals surface area contributed by atoms with Gasteiger partial charge >= 0.3 is 0 Å². The van der Waals surface area contributed by atoms with Gasteiger partial charge in [0.2, 0.25) is 5.91 Å². The van der Waals surface area contributed by atoms with Crippen LogP contribution in [-0.4, -0.2) is 11.9 Å². The van der Waals surface area contributed by atoms with Crippen molar-refractivity contribution in [3.63, 3.8) is 0 Å². The number of nitrogens with one attached hydrogen (secondary N) is 1. The lowest BCUT2D eigenvalue weighted by atomic mass is 9.60. The minimum atomic E-state index is 0.300. The first-order valence-corrected chi connectivity index (χ1v) is 7.38. The van der Waals surface area contributed by atoms with Gasteiger partial charge in [-0.1, -0.05) is 40.0 Å². The molecule has 0 aromatic heterocycles. The Balaban J connectivity index is 2.20. The molecule has 1 amide bonds. The Labute approximate surface area is 106 Å². The third kappa shape index (κ3) is 2.36. The molecule has 0 aromatic rings. The number of hydrogen-bond donors (Lipinski definition) is 1. The lowest BCUT2D eigenvalue weighted by Crippen LogP contribution is -2.44. The maximum absolute atomic E-state index is 11.9. The van der Waals surface area contributed by atoms with Gasteiger partial charge in [0.25, 0.3) is 0 Å². The molecule has 3 unspecified atom stereocenters. The highest BCUT2D eigenvalue weighted by Crippen LogP contribution is 2.51. The molecule has 98 valence electrons. The second kappa shape index (κ2) is 4.99. The fraction of sp³-hybridized carbons (Fsp3) is 0.933.